The van der Waals surface area contributed by atoms with Crippen LogP contribution in [0.5, 0.6) is 0 Å². The van der Waals surface area contributed by atoms with Gasteiger partial charge in [0.05, 0.1) is 16.6 Å². The molecular weight excluding hydrogens is 418 g/mol. The number of likely N-dealkylation sites (tertiary alicyclic amines) is 1. The van der Waals surface area contributed by atoms with Crippen molar-refractivity contribution >= 4 is 9.84 Å². The summed E-state index contributed by atoms with van der Waals surface area (Å²) in [6.45, 7) is 5.58. The van der Waals surface area contributed by atoms with E-state index >= 15 is 0 Å². The van der Waals surface area contributed by atoms with Gasteiger partial charge in [0.25, 0.3) is 0 Å². The highest BCUT2D eigenvalue weighted by molar-refractivity contribution is 7.91. The Kier molecular flexibility index (Phi) is 4.67. The molecule has 170 valence electrons. The van der Waals surface area contributed by atoms with Gasteiger partial charge in [0.15, 0.2) is 9.84 Å². The van der Waals surface area contributed by atoms with Crippen LogP contribution in [0.25, 0.3) is 0 Å². The second-order valence-corrected chi connectivity index (χ2v) is 13.2. The number of sulfone groups is 1. The van der Waals surface area contributed by atoms with Crippen LogP contribution in [0.3, 0.4) is 0 Å². The number of methoxy groups -OCH3 is 1. The molecule has 0 radical (unpaired) electrons. The molecule has 0 spiro atoms. The van der Waals surface area contributed by atoms with E-state index in [1.165, 1.54) is 16.7 Å². The van der Waals surface area contributed by atoms with Gasteiger partial charge in [0.1, 0.15) is 0 Å². The lowest BCUT2D eigenvalue weighted by Gasteiger charge is -2.34. The van der Waals surface area contributed by atoms with E-state index in [0.717, 1.165) is 50.9 Å². The van der Waals surface area contributed by atoms with Crippen LogP contribution < -0.4 is 0 Å². The van der Waals surface area contributed by atoms with Gasteiger partial charge in [-0.2, -0.15) is 0 Å². The lowest BCUT2D eigenvalue weighted by atomic mass is 9.90. The molecule has 0 bridgehead atoms. The summed E-state index contributed by atoms with van der Waals surface area (Å²) in [5, 5.41) is -0.0922. The van der Waals surface area contributed by atoms with Gasteiger partial charge in [-0.1, -0.05) is 55.5 Å². The van der Waals surface area contributed by atoms with Crippen LogP contribution in [-0.2, 0) is 38.6 Å². The van der Waals surface area contributed by atoms with Crippen molar-refractivity contribution in [1.82, 2.24) is 4.90 Å². The molecule has 1 saturated heterocycles. The molecule has 32 heavy (non-hydrogen) atoms. The van der Waals surface area contributed by atoms with E-state index in [-0.39, 0.29) is 22.0 Å². The number of ether oxygens (including phenoxy) is 1. The van der Waals surface area contributed by atoms with E-state index in [2.05, 4.69) is 54.3 Å². The quantitative estimate of drug-likeness (QED) is 0.643. The van der Waals surface area contributed by atoms with Crippen molar-refractivity contribution < 1.29 is 13.2 Å². The first-order valence-corrected chi connectivity index (χ1v) is 13.7. The molecular formula is C27H33NO3S. The van der Waals surface area contributed by atoms with E-state index in [4.69, 9.17) is 4.74 Å². The normalized spacial score (nSPS) is 30.8. The van der Waals surface area contributed by atoms with E-state index < -0.39 is 9.84 Å². The van der Waals surface area contributed by atoms with Crippen LogP contribution in [0.4, 0.5) is 0 Å². The van der Waals surface area contributed by atoms with Crippen molar-refractivity contribution in [3.63, 3.8) is 0 Å². The van der Waals surface area contributed by atoms with Crippen LogP contribution in [0.15, 0.2) is 48.5 Å². The Labute approximate surface area is 191 Å². The second-order valence-electron chi connectivity index (χ2n) is 10.9. The van der Waals surface area contributed by atoms with Crippen molar-refractivity contribution in [2.75, 3.05) is 26.7 Å². The zero-order chi connectivity index (χ0) is 22.1. The van der Waals surface area contributed by atoms with Gasteiger partial charge in [0.2, 0.25) is 0 Å². The fourth-order valence-electron chi connectivity index (χ4n) is 6.68. The highest BCUT2D eigenvalue weighted by Gasteiger charge is 2.66. The maximum Gasteiger partial charge on any atom is 0.157 e. The molecule has 1 heterocycles. The fourth-order valence-corrected chi connectivity index (χ4v) is 8.41. The zero-order valence-electron chi connectivity index (χ0n) is 19.1. The molecule has 5 heteroatoms. The monoisotopic (exact) mass is 451 g/mol. The van der Waals surface area contributed by atoms with Crippen LogP contribution in [0.1, 0.15) is 42.0 Å². The molecule has 2 saturated carbocycles. The molecule has 2 aromatic rings. The van der Waals surface area contributed by atoms with Crippen LogP contribution in [0.2, 0.25) is 0 Å². The first-order chi connectivity index (χ1) is 15.3. The molecule has 1 unspecified atom stereocenters. The third-order valence-corrected chi connectivity index (χ3v) is 11.1. The van der Waals surface area contributed by atoms with E-state index in [1.54, 1.807) is 0 Å². The number of rotatable bonds is 7. The molecule has 6 rings (SSSR count). The number of hydrogen-bond acceptors (Lipinski definition) is 4. The Morgan fingerprint density at radius 2 is 1.66 bits per heavy atom. The average Bonchev–Trinajstić information content (AvgIpc) is 3.62. The summed E-state index contributed by atoms with van der Waals surface area (Å²) in [7, 11) is -1.11. The number of piperidine rings is 1. The SMILES string of the molecule is COC1(CN2C[C@@H]3[C@H](C2)C3(C)c2cccc(CS(=O)(=O)C3CC3)c2)Cc2ccccc2C1. The minimum atomic E-state index is -2.98. The zero-order valence-corrected chi connectivity index (χ0v) is 19.9. The van der Waals surface area contributed by atoms with Crippen molar-refractivity contribution in [2.24, 2.45) is 11.8 Å². The van der Waals surface area contributed by atoms with Crippen molar-refractivity contribution in [2.45, 2.75) is 54.6 Å². The Morgan fingerprint density at radius 3 is 2.25 bits per heavy atom. The molecule has 1 aliphatic heterocycles. The summed E-state index contributed by atoms with van der Waals surface area (Å²) in [6.07, 6.45) is 3.68. The van der Waals surface area contributed by atoms with Crippen molar-refractivity contribution in [3.8, 4) is 0 Å². The standard InChI is InChI=1S/C27H33NO3S/c1-26(22-9-5-6-19(12-22)17-32(29,30)23-10-11-23)24-15-28(16-25(24)26)18-27(31-2)13-20-7-3-4-8-21(20)14-27/h3-9,12,23-25H,10-11,13-18H2,1-2H3/t24-,25+,26?. The second kappa shape index (κ2) is 7.15. The minimum absolute atomic E-state index is 0.0922. The molecule has 4 nitrogen and oxygen atoms in total. The van der Waals surface area contributed by atoms with Gasteiger partial charge in [-0.05, 0) is 46.9 Å². The van der Waals surface area contributed by atoms with Gasteiger partial charge in [-0.15, -0.1) is 0 Å². The lowest BCUT2D eigenvalue weighted by molar-refractivity contribution is -0.0274. The van der Waals surface area contributed by atoms with Gasteiger partial charge in [0, 0.05) is 45.0 Å². The Bertz CT molecular complexity index is 1120. The molecule has 2 aromatic carbocycles. The largest absolute Gasteiger partial charge is 0.376 e. The van der Waals surface area contributed by atoms with Crippen LogP contribution in [0, 0.1) is 11.8 Å². The maximum atomic E-state index is 12.5. The fraction of sp³-hybridized carbons (Fsp3) is 0.556. The molecule has 4 aliphatic rings. The Balaban J connectivity index is 1.13. The van der Waals surface area contributed by atoms with Gasteiger partial charge >= 0.3 is 0 Å². The summed E-state index contributed by atoms with van der Waals surface area (Å²) in [5.41, 5.74) is 5.22. The summed E-state index contributed by atoms with van der Waals surface area (Å²) in [5.74, 6) is 1.49. The van der Waals surface area contributed by atoms with E-state index in [0.29, 0.717) is 11.8 Å². The van der Waals surface area contributed by atoms with Crippen molar-refractivity contribution in [1.29, 1.82) is 0 Å². The molecule has 3 aliphatic carbocycles. The number of fused-ring (bicyclic) bond motifs is 2. The number of benzene rings is 2. The average molecular weight is 452 g/mol. The highest BCUT2D eigenvalue weighted by Crippen LogP contribution is 2.63. The van der Waals surface area contributed by atoms with E-state index in [1.807, 2.05) is 13.2 Å². The molecule has 0 aromatic heterocycles. The summed E-state index contributed by atoms with van der Waals surface area (Å²) in [4.78, 5) is 2.61. The third-order valence-electron chi connectivity index (χ3n) is 8.86. The first-order valence-electron chi connectivity index (χ1n) is 12.0. The summed E-state index contributed by atoms with van der Waals surface area (Å²) >= 11 is 0. The molecule has 0 amide bonds. The number of nitrogens with zero attached hydrogens (tertiary/aromatic N) is 1. The molecule has 3 fully saturated rings. The first kappa shape index (κ1) is 20.9. The van der Waals surface area contributed by atoms with Gasteiger partial charge in [-0.25, -0.2) is 8.42 Å². The predicted octanol–water partition coefficient (Wildman–Crippen LogP) is 3.77. The summed E-state index contributed by atoms with van der Waals surface area (Å²) < 4.78 is 31.0. The topological polar surface area (TPSA) is 46.6 Å². The smallest absolute Gasteiger partial charge is 0.157 e. The van der Waals surface area contributed by atoms with E-state index in [9.17, 15) is 8.42 Å². The lowest BCUT2D eigenvalue weighted by Crippen LogP contribution is -2.46. The highest BCUT2D eigenvalue weighted by atomic mass is 32.2. The van der Waals surface area contributed by atoms with Crippen LogP contribution in [-0.4, -0.2) is 50.9 Å². The number of hydrogen-bond donors (Lipinski definition) is 0. The van der Waals surface area contributed by atoms with Crippen molar-refractivity contribution in [3.05, 3.63) is 70.8 Å². The molecule has 0 N–H and O–H groups in total. The Hall–Kier alpha value is -1.69. The van der Waals surface area contributed by atoms with Crippen LogP contribution >= 0.6 is 0 Å². The van der Waals surface area contributed by atoms with Gasteiger partial charge < -0.3 is 4.74 Å². The molecule has 3 atom stereocenters. The third kappa shape index (κ3) is 3.36. The summed E-state index contributed by atoms with van der Waals surface area (Å²) in [6, 6.07) is 17.2. The van der Waals surface area contributed by atoms with Gasteiger partial charge in [-0.3, -0.25) is 4.90 Å². The maximum absolute atomic E-state index is 12.5. The predicted molar refractivity (Wildman–Crippen MR) is 126 cm³/mol. The Morgan fingerprint density at radius 1 is 1.00 bits per heavy atom. The minimum Gasteiger partial charge on any atom is -0.376 e.